The van der Waals surface area contributed by atoms with Crippen LogP contribution in [-0.2, 0) is 17.6 Å². The molecule has 6 rings (SSSR count). The molecule has 1 saturated carbocycles. The predicted molar refractivity (Wildman–Crippen MR) is 129 cm³/mol. The summed E-state index contributed by atoms with van der Waals surface area (Å²) >= 11 is 0. The van der Waals surface area contributed by atoms with Gasteiger partial charge in [-0.2, -0.15) is 0 Å². The Morgan fingerprint density at radius 1 is 1.09 bits per heavy atom. The molecule has 180 valence electrons. The molecule has 2 aliphatic carbocycles. The highest BCUT2D eigenvalue weighted by atomic mass is 16.2. The van der Waals surface area contributed by atoms with Gasteiger partial charge < -0.3 is 15.2 Å². The van der Waals surface area contributed by atoms with Crippen LogP contribution in [0.4, 0.5) is 0 Å². The van der Waals surface area contributed by atoms with E-state index in [1.54, 1.807) is 6.20 Å². The van der Waals surface area contributed by atoms with Crippen LogP contribution in [0.25, 0.3) is 10.9 Å². The number of aromatic nitrogens is 3. The fourth-order valence-electron chi connectivity index (χ4n) is 6.39. The Kier molecular flexibility index (Phi) is 5.09. The minimum Gasteiger partial charge on any atom is -0.348 e. The number of fused-ring (bicyclic) bond motifs is 3. The molecular formula is C26H27N5O4. The van der Waals surface area contributed by atoms with Crippen LogP contribution in [0.15, 0.2) is 46.1 Å². The average molecular weight is 474 g/mol. The molecule has 2 amide bonds. The van der Waals surface area contributed by atoms with Crippen molar-refractivity contribution in [2.45, 2.75) is 56.5 Å². The van der Waals surface area contributed by atoms with Gasteiger partial charge >= 0.3 is 5.69 Å². The fourth-order valence-corrected chi connectivity index (χ4v) is 6.39. The predicted octanol–water partition coefficient (Wildman–Crippen LogP) is 1.67. The van der Waals surface area contributed by atoms with E-state index in [0.717, 1.165) is 24.6 Å². The van der Waals surface area contributed by atoms with Crippen molar-refractivity contribution in [2.24, 2.45) is 5.92 Å². The van der Waals surface area contributed by atoms with Gasteiger partial charge in [0.15, 0.2) is 0 Å². The summed E-state index contributed by atoms with van der Waals surface area (Å²) in [5.74, 6) is -0.453. The lowest BCUT2D eigenvalue weighted by Gasteiger charge is -2.35. The molecule has 3 heterocycles. The van der Waals surface area contributed by atoms with Gasteiger partial charge in [-0.15, -0.1) is 0 Å². The van der Waals surface area contributed by atoms with Gasteiger partial charge in [0, 0.05) is 35.3 Å². The van der Waals surface area contributed by atoms with Crippen molar-refractivity contribution in [1.29, 1.82) is 0 Å². The van der Waals surface area contributed by atoms with Crippen molar-refractivity contribution in [3.05, 3.63) is 74.2 Å². The number of carbonyl (C=O) groups excluding carboxylic acids is 2. The van der Waals surface area contributed by atoms with Crippen LogP contribution in [0.1, 0.15) is 53.7 Å². The number of rotatable bonds is 3. The molecule has 1 saturated heterocycles. The average Bonchev–Trinajstić information content (AvgIpc) is 3.41. The number of H-pyrrole nitrogens is 2. The summed E-state index contributed by atoms with van der Waals surface area (Å²) in [4.78, 5) is 62.2. The Hall–Kier alpha value is -3.75. The van der Waals surface area contributed by atoms with Crippen LogP contribution < -0.4 is 16.6 Å². The molecule has 0 radical (unpaired) electrons. The third-order valence-electron chi connectivity index (χ3n) is 8.10. The zero-order valence-corrected chi connectivity index (χ0v) is 19.3. The number of amides is 2. The van der Waals surface area contributed by atoms with Crippen LogP contribution in [0.2, 0.25) is 0 Å². The third-order valence-corrected chi connectivity index (χ3v) is 8.10. The summed E-state index contributed by atoms with van der Waals surface area (Å²) in [5, 5.41) is 4.25. The molecule has 0 spiro atoms. The number of carbonyl (C=O) groups is 2. The van der Waals surface area contributed by atoms with E-state index in [4.69, 9.17) is 0 Å². The molecule has 1 aromatic carbocycles. The maximum absolute atomic E-state index is 13.6. The van der Waals surface area contributed by atoms with E-state index in [1.165, 1.54) is 0 Å². The Morgan fingerprint density at radius 3 is 2.83 bits per heavy atom. The molecule has 2 fully saturated rings. The van der Waals surface area contributed by atoms with Crippen LogP contribution in [-0.4, -0.2) is 49.8 Å². The first kappa shape index (κ1) is 21.8. The summed E-state index contributed by atoms with van der Waals surface area (Å²) in [6, 6.07) is 9.41. The largest absolute Gasteiger partial charge is 0.348 e. The molecule has 2 aromatic heterocycles. The first-order valence-electron chi connectivity index (χ1n) is 12.3. The number of pyridine rings is 1. The molecule has 1 unspecified atom stereocenters. The number of aryl methyl sites for hydroxylation is 1. The third kappa shape index (κ3) is 3.57. The summed E-state index contributed by atoms with van der Waals surface area (Å²) in [5.41, 5.74) is 1.03. The van der Waals surface area contributed by atoms with Crippen molar-refractivity contribution in [1.82, 2.24) is 25.2 Å². The van der Waals surface area contributed by atoms with E-state index < -0.39 is 16.8 Å². The van der Waals surface area contributed by atoms with Crippen molar-refractivity contribution >= 4 is 22.7 Å². The second-order valence-corrected chi connectivity index (χ2v) is 9.99. The lowest BCUT2D eigenvalue weighted by molar-refractivity contribution is -0.127. The van der Waals surface area contributed by atoms with E-state index in [0.29, 0.717) is 54.6 Å². The normalized spacial score (nSPS) is 25.3. The molecule has 35 heavy (non-hydrogen) atoms. The second-order valence-electron chi connectivity index (χ2n) is 9.99. The Labute approximate surface area is 201 Å². The van der Waals surface area contributed by atoms with Gasteiger partial charge in [0.05, 0.1) is 22.7 Å². The van der Waals surface area contributed by atoms with E-state index in [9.17, 15) is 19.2 Å². The van der Waals surface area contributed by atoms with Crippen LogP contribution >= 0.6 is 0 Å². The quantitative estimate of drug-likeness (QED) is 0.533. The molecule has 3 aromatic rings. The first-order valence-corrected chi connectivity index (χ1v) is 12.3. The molecule has 1 aliphatic heterocycles. The number of hydrogen-bond acceptors (Lipinski definition) is 5. The van der Waals surface area contributed by atoms with Crippen LogP contribution in [0, 0.1) is 5.92 Å². The van der Waals surface area contributed by atoms with E-state index in [-0.39, 0.29) is 23.8 Å². The molecule has 9 nitrogen and oxygen atoms in total. The highest BCUT2D eigenvalue weighted by molar-refractivity contribution is 6.05. The summed E-state index contributed by atoms with van der Waals surface area (Å²) in [6.45, 7) is 0.585. The number of nitrogens with one attached hydrogen (secondary N) is 3. The van der Waals surface area contributed by atoms with Gasteiger partial charge in [0.1, 0.15) is 0 Å². The number of benzene rings is 1. The van der Waals surface area contributed by atoms with Gasteiger partial charge in [-0.3, -0.25) is 24.4 Å². The zero-order valence-electron chi connectivity index (χ0n) is 19.3. The maximum Gasteiger partial charge on any atom is 0.325 e. The smallest absolute Gasteiger partial charge is 0.325 e. The molecule has 0 bridgehead atoms. The molecule has 3 N–H and O–H groups in total. The Morgan fingerprint density at radius 2 is 1.94 bits per heavy atom. The topological polar surface area (TPSA) is 128 Å². The lowest BCUT2D eigenvalue weighted by Crippen LogP contribution is -2.56. The van der Waals surface area contributed by atoms with E-state index >= 15 is 0 Å². The van der Waals surface area contributed by atoms with Crippen molar-refractivity contribution in [3.8, 4) is 0 Å². The highest BCUT2D eigenvalue weighted by Gasteiger charge is 2.53. The zero-order chi connectivity index (χ0) is 24.2. The minimum absolute atomic E-state index is 0.0422. The van der Waals surface area contributed by atoms with Gasteiger partial charge in [-0.1, -0.05) is 18.2 Å². The second kappa shape index (κ2) is 8.18. The summed E-state index contributed by atoms with van der Waals surface area (Å²) in [6.07, 6.45) is 6.40. The van der Waals surface area contributed by atoms with Gasteiger partial charge in [-0.05, 0) is 57.1 Å². The number of likely N-dealkylation sites (tertiary alicyclic amines) is 1. The monoisotopic (exact) mass is 473 g/mol. The number of nitrogens with zero attached hydrogens (tertiary/aromatic N) is 2. The molecular weight excluding hydrogens is 446 g/mol. The summed E-state index contributed by atoms with van der Waals surface area (Å²) in [7, 11) is 0. The van der Waals surface area contributed by atoms with Crippen molar-refractivity contribution < 1.29 is 9.59 Å². The van der Waals surface area contributed by atoms with Crippen molar-refractivity contribution in [3.63, 3.8) is 0 Å². The lowest BCUT2D eigenvalue weighted by atomic mass is 9.85. The molecule has 9 heteroatoms. The fraction of sp³-hybridized carbons (Fsp3) is 0.423. The first-order chi connectivity index (χ1) is 16.9. The molecule has 3 aliphatic rings. The minimum atomic E-state index is -0.513. The van der Waals surface area contributed by atoms with Gasteiger partial charge in [0.25, 0.3) is 11.5 Å². The van der Waals surface area contributed by atoms with Crippen LogP contribution in [0.5, 0.6) is 0 Å². The van der Waals surface area contributed by atoms with Crippen molar-refractivity contribution in [2.75, 3.05) is 6.54 Å². The molecule has 3 atom stereocenters. The van der Waals surface area contributed by atoms with E-state index in [2.05, 4.69) is 20.3 Å². The standard InChI is InChI=1S/C26H27N5O4/c32-22(16-8-9-19-18(14-16)23(33)29-25(35)28-19)30-26-10-2-7-20(26)31(13-11-26)24(34)17-6-1-4-15-5-3-12-27-21(15)17/h1,3-6,12,16,20H,2,7-11,13-14H2,(H,30,32)(H2,28,29,33,35)/t16?,20-,26-/m0/s1. The number of aromatic amines is 2. The van der Waals surface area contributed by atoms with E-state index in [1.807, 2.05) is 35.2 Å². The summed E-state index contributed by atoms with van der Waals surface area (Å²) < 4.78 is 0. The number of hydrogen-bond donors (Lipinski definition) is 3. The number of para-hydroxylation sites is 1. The Balaban J connectivity index is 1.23. The maximum atomic E-state index is 13.6. The van der Waals surface area contributed by atoms with Gasteiger partial charge in [0.2, 0.25) is 5.91 Å². The SMILES string of the molecule is O=C(N[C@]12CCC[C@@H]1N(C(=O)c1cccc3cccnc13)CC2)C1CCc2[nH]c(=O)[nH]c(=O)c2C1. The van der Waals surface area contributed by atoms with Gasteiger partial charge in [-0.25, -0.2) is 4.79 Å². The van der Waals surface area contributed by atoms with Crippen LogP contribution in [0.3, 0.4) is 0 Å². The highest BCUT2D eigenvalue weighted by Crippen LogP contribution is 2.43. The Bertz CT molecular complexity index is 1450.